The van der Waals surface area contributed by atoms with Gasteiger partial charge in [0, 0.05) is 6.42 Å². The standard InChI is InChI=1S/C35H71N2O6P/c1-6-8-10-12-14-16-17-18-19-20-21-23-25-27-29-35(39)36-33(32-43-44(40,41)42-31-30-37(3,4)5)34(38)28-26-24-22-15-13-11-9-7-2/h26,28,33-34,38H,6-25,27,29-32H2,1-5H3,(H-,36,39,40,41)/p+1/b28-26+. The lowest BCUT2D eigenvalue weighted by atomic mass is 10.0. The average molecular weight is 648 g/mol. The molecule has 0 saturated carbocycles. The van der Waals surface area contributed by atoms with Gasteiger partial charge < -0.3 is 19.8 Å². The van der Waals surface area contributed by atoms with E-state index in [1.54, 1.807) is 6.08 Å². The van der Waals surface area contributed by atoms with Gasteiger partial charge in [-0.2, -0.15) is 0 Å². The topological polar surface area (TPSA) is 105 Å². The second kappa shape index (κ2) is 28.5. The SMILES string of the molecule is CCCCCCCC/C=C/C(O)C(COP(=O)(O)OCC[N+](C)(C)C)NC(=O)CCCCCCCCCCCCCCCC. The summed E-state index contributed by atoms with van der Waals surface area (Å²) in [6, 6.07) is -0.836. The fraction of sp³-hybridized carbons (Fsp3) is 0.914. The van der Waals surface area contributed by atoms with Gasteiger partial charge in [-0.25, -0.2) is 4.57 Å². The summed E-state index contributed by atoms with van der Waals surface area (Å²) in [5.41, 5.74) is 0. The minimum absolute atomic E-state index is 0.0636. The molecular weight excluding hydrogens is 575 g/mol. The van der Waals surface area contributed by atoms with E-state index in [0.29, 0.717) is 17.4 Å². The molecule has 0 aliphatic rings. The number of allylic oxidation sites excluding steroid dienone is 1. The van der Waals surface area contributed by atoms with Crippen LogP contribution in [0.2, 0.25) is 0 Å². The molecule has 0 radical (unpaired) electrons. The molecule has 0 rings (SSSR count). The Morgan fingerprint density at radius 2 is 1.20 bits per heavy atom. The number of amides is 1. The van der Waals surface area contributed by atoms with Gasteiger partial charge in [0.25, 0.3) is 0 Å². The number of carbonyl (C=O) groups is 1. The van der Waals surface area contributed by atoms with Crippen LogP contribution in [0.1, 0.15) is 155 Å². The molecule has 0 aromatic rings. The van der Waals surface area contributed by atoms with Gasteiger partial charge in [-0.05, 0) is 19.3 Å². The van der Waals surface area contributed by atoms with Gasteiger partial charge in [0.2, 0.25) is 5.91 Å². The molecule has 3 N–H and O–H groups in total. The minimum Gasteiger partial charge on any atom is -0.387 e. The van der Waals surface area contributed by atoms with Crippen LogP contribution in [0.15, 0.2) is 12.2 Å². The van der Waals surface area contributed by atoms with Crippen LogP contribution in [0.4, 0.5) is 0 Å². The quantitative estimate of drug-likeness (QED) is 0.0292. The van der Waals surface area contributed by atoms with Gasteiger partial charge in [0.05, 0.1) is 39.9 Å². The number of aliphatic hydroxyl groups excluding tert-OH is 1. The van der Waals surface area contributed by atoms with E-state index < -0.39 is 20.0 Å². The molecule has 0 aliphatic carbocycles. The number of unbranched alkanes of at least 4 members (excludes halogenated alkanes) is 19. The van der Waals surface area contributed by atoms with Gasteiger partial charge in [-0.15, -0.1) is 0 Å². The molecule has 0 heterocycles. The number of likely N-dealkylation sites (N-methyl/N-ethyl adjacent to an activating group) is 1. The molecule has 9 heteroatoms. The molecule has 44 heavy (non-hydrogen) atoms. The normalized spacial score (nSPS) is 15.0. The highest BCUT2D eigenvalue weighted by molar-refractivity contribution is 7.47. The van der Waals surface area contributed by atoms with Crippen molar-refractivity contribution in [3.63, 3.8) is 0 Å². The number of rotatable bonds is 32. The first-order valence-electron chi connectivity index (χ1n) is 18.1. The molecular formula is C35H72N2O6P+. The first-order valence-corrected chi connectivity index (χ1v) is 19.6. The van der Waals surface area contributed by atoms with E-state index in [-0.39, 0.29) is 19.1 Å². The zero-order chi connectivity index (χ0) is 32.9. The lowest BCUT2D eigenvalue weighted by Crippen LogP contribution is -2.45. The van der Waals surface area contributed by atoms with Crippen molar-refractivity contribution in [3.05, 3.63) is 12.2 Å². The molecule has 3 unspecified atom stereocenters. The van der Waals surface area contributed by atoms with Gasteiger partial charge in [0.1, 0.15) is 13.2 Å². The third-order valence-corrected chi connectivity index (χ3v) is 8.99. The summed E-state index contributed by atoms with van der Waals surface area (Å²) in [4.78, 5) is 22.9. The number of quaternary nitrogens is 1. The van der Waals surface area contributed by atoms with Crippen molar-refractivity contribution in [3.8, 4) is 0 Å². The van der Waals surface area contributed by atoms with Crippen molar-refractivity contribution in [1.82, 2.24) is 5.32 Å². The molecule has 3 atom stereocenters. The number of nitrogens with one attached hydrogen (secondary N) is 1. The first kappa shape index (κ1) is 43.2. The number of hydrogen-bond donors (Lipinski definition) is 3. The fourth-order valence-electron chi connectivity index (χ4n) is 5.04. The molecule has 0 aromatic carbocycles. The maximum absolute atomic E-state index is 12.7. The molecule has 0 fully saturated rings. The van der Waals surface area contributed by atoms with Crippen LogP contribution in [0.25, 0.3) is 0 Å². The fourth-order valence-corrected chi connectivity index (χ4v) is 5.77. The summed E-state index contributed by atoms with van der Waals surface area (Å²) in [7, 11) is 1.57. The number of nitrogens with zero attached hydrogens (tertiary/aromatic N) is 1. The van der Waals surface area contributed by atoms with Crippen LogP contribution in [-0.2, 0) is 18.4 Å². The van der Waals surface area contributed by atoms with Crippen LogP contribution in [0, 0.1) is 0 Å². The second-order valence-corrected chi connectivity index (χ2v) is 15.1. The molecule has 0 bridgehead atoms. The largest absolute Gasteiger partial charge is 0.472 e. The first-order chi connectivity index (χ1) is 21.0. The molecule has 0 aromatic heterocycles. The Hall–Kier alpha value is -0.760. The Bertz CT molecular complexity index is 743. The van der Waals surface area contributed by atoms with E-state index in [1.165, 1.54) is 96.3 Å². The molecule has 8 nitrogen and oxygen atoms in total. The van der Waals surface area contributed by atoms with E-state index in [4.69, 9.17) is 9.05 Å². The third-order valence-electron chi connectivity index (χ3n) is 8.01. The van der Waals surface area contributed by atoms with Gasteiger partial charge in [-0.1, -0.05) is 142 Å². The monoisotopic (exact) mass is 648 g/mol. The zero-order valence-electron chi connectivity index (χ0n) is 29.4. The highest BCUT2D eigenvalue weighted by Gasteiger charge is 2.27. The maximum Gasteiger partial charge on any atom is 0.472 e. The zero-order valence-corrected chi connectivity index (χ0v) is 30.3. The summed E-state index contributed by atoms with van der Waals surface area (Å²) in [5, 5.41) is 13.6. The summed E-state index contributed by atoms with van der Waals surface area (Å²) >= 11 is 0. The number of phosphoric acid groups is 1. The van der Waals surface area contributed by atoms with E-state index in [0.717, 1.165) is 38.5 Å². The van der Waals surface area contributed by atoms with Crippen molar-refractivity contribution in [1.29, 1.82) is 0 Å². The van der Waals surface area contributed by atoms with Crippen LogP contribution in [0.5, 0.6) is 0 Å². The van der Waals surface area contributed by atoms with E-state index in [9.17, 15) is 19.4 Å². The Balaban J connectivity index is 4.47. The highest BCUT2D eigenvalue weighted by atomic mass is 31.2. The smallest absolute Gasteiger partial charge is 0.387 e. The predicted octanol–water partition coefficient (Wildman–Crippen LogP) is 8.85. The Kier molecular flexibility index (Phi) is 28.0. The molecule has 1 amide bonds. The Labute approximate surface area is 272 Å². The lowest BCUT2D eigenvalue weighted by molar-refractivity contribution is -0.870. The van der Waals surface area contributed by atoms with Crippen LogP contribution >= 0.6 is 7.82 Å². The van der Waals surface area contributed by atoms with Gasteiger partial charge >= 0.3 is 7.82 Å². The number of aliphatic hydroxyl groups is 1. The maximum atomic E-state index is 12.7. The molecule has 0 aliphatic heterocycles. The van der Waals surface area contributed by atoms with Gasteiger partial charge in [0.15, 0.2) is 0 Å². The van der Waals surface area contributed by atoms with E-state index >= 15 is 0 Å². The Morgan fingerprint density at radius 1 is 0.750 bits per heavy atom. The van der Waals surface area contributed by atoms with Crippen molar-refractivity contribution in [2.45, 2.75) is 167 Å². The molecule has 262 valence electrons. The number of phosphoric ester groups is 1. The summed E-state index contributed by atoms with van der Waals surface area (Å²) < 4.78 is 23.3. The second-order valence-electron chi connectivity index (χ2n) is 13.6. The summed E-state index contributed by atoms with van der Waals surface area (Å²) in [6.07, 6.45) is 28.5. The summed E-state index contributed by atoms with van der Waals surface area (Å²) in [5.74, 6) is -0.181. The molecule has 0 saturated heterocycles. The van der Waals surface area contributed by atoms with E-state index in [1.807, 2.05) is 27.2 Å². The molecule has 0 spiro atoms. The van der Waals surface area contributed by atoms with Crippen LogP contribution < -0.4 is 5.32 Å². The third kappa shape index (κ3) is 29.9. The minimum atomic E-state index is -4.31. The van der Waals surface area contributed by atoms with Crippen molar-refractivity contribution in [2.75, 3.05) is 40.9 Å². The lowest BCUT2D eigenvalue weighted by Gasteiger charge is -2.25. The van der Waals surface area contributed by atoms with Gasteiger partial charge in [-0.3, -0.25) is 13.8 Å². The van der Waals surface area contributed by atoms with Crippen LogP contribution in [-0.4, -0.2) is 73.4 Å². The number of carbonyl (C=O) groups excluding carboxylic acids is 1. The summed E-state index contributed by atoms with van der Waals surface area (Å²) in [6.45, 7) is 4.75. The number of hydrogen-bond acceptors (Lipinski definition) is 5. The van der Waals surface area contributed by atoms with Crippen molar-refractivity contribution in [2.24, 2.45) is 0 Å². The highest BCUT2D eigenvalue weighted by Crippen LogP contribution is 2.43. The Morgan fingerprint density at radius 3 is 1.68 bits per heavy atom. The predicted molar refractivity (Wildman–Crippen MR) is 185 cm³/mol. The van der Waals surface area contributed by atoms with Crippen molar-refractivity contribution < 1.29 is 32.9 Å². The van der Waals surface area contributed by atoms with Crippen molar-refractivity contribution >= 4 is 13.7 Å². The average Bonchev–Trinajstić information content (AvgIpc) is 2.95. The van der Waals surface area contributed by atoms with Crippen LogP contribution in [0.3, 0.4) is 0 Å². The van der Waals surface area contributed by atoms with E-state index in [2.05, 4.69) is 19.2 Å².